The Balaban J connectivity index is 0.000000325. The van der Waals surface area contributed by atoms with Gasteiger partial charge in [0.25, 0.3) is 0 Å². The normalized spacial score (nSPS) is 9.12. The Morgan fingerprint density at radius 3 is 1.81 bits per heavy atom. The van der Waals surface area contributed by atoms with Crippen molar-refractivity contribution in [2.75, 3.05) is 5.73 Å². The van der Waals surface area contributed by atoms with Gasteiger partial charge in [0.2, 0.25) is 0 Å². The molecule has 2 heteroatoms. The van der Waals surface area contributed by atoms with Gasteiger partial charge in [0.15, 0.2) is 0 Å². The molecule has 2 nitrogen and oxygen atoms in total. The average Bonchev–Trinajstić information content (AvgIpc) is 2.28. The third kappa shape index (κ3) is 6.93. The van der Waals surface area contributed by atoms with Gasteiger partial charge in [0.05, 0.1) is 0 Å². The molecule has 0 amide bonds. The van der Waals surface area contributed by atoms with Crippen molar-refractivity contribution in [3.05, 3.63) is 36.4 Å². The third-order valence-electron chi connectivity index (χ3n) is 2.24. The highest BCUT2D eigenvalue weighted by molar-refractivity contribution is 5.61. The zero-order valence-electron chi connectivity index (χ0n) is 10.5. The van der Waals surface area contributed by atoms with Crippen molar-refractivity contribution in [3.63, 3.8) is 0 Å². The lowest BCUT2D eigenvalue weighted by atomic mass is 10.2. The molecule has 0 aliphatic carbocycles. The van der Waals surface area contributed by atoms with Crippen LogP contribution in [-0.2, 0) is 0 Å². The van der Waals surface area contributed by atoms with E-state index in [1.165, 1.54) is 25.7 Å². The largest absolute Gasteiger partial charge is 0.399 e. The molecule has 0 aliphatic heterocycles. The molecule has 1 rings (SSSR count). The fraction of sp³-hybridized carbons (Fsp3) is 0.429. The van der Waals surface area contributed by atoms with Crippen molar-refractivity contribution in [1.82, 2.24) is 0 Å². The Morgan fingerprint density at radius 1 is 1.06 bits per heavy atom. The fourth-order valence-electron chi connectivity index (χ4n) is 1.20. The summed E-state index contributed by atoms with van der Waals surface area (Å²) in [5.41, 5.74) is 13.1. The van der Waals surface area contributed by atoms with E-state index in [9.17, 15) is 0 Å². The van der Waals surface area contributed by atoms with Crippen molar-refractivity contribution in [2.45, 2.75) is 39.5 Å². The third-order valence-corrected chi connectivity index (χ3v) is 2.24. The van der Waals surface area contributed by atoms with Gasteiger partial charge in [0.1, 0.15) is 0 Å². The molecule has 0 bridgehead atoms. The number of benzene rings is 1. The summed E-state index contributed by atoms with van der Waals surface area (Å²) in [6.45, 7) is 8.06. The summed E-state index contributed by atoms with van der Waals surface area (Å²) in [6, 6.07) is 7.29. The van der Waals surface area contributed by atoms with E-state index >= 15 is 0 Å². The number of nitrogens with two attached hydrogens (primary N) is 2. The van der Waals surface area contributed by atoms with Crippen LogP contribution in [0.1, 0.15) is 45.1 Å². The van der Waals surface area contributed by atoms with E-state index in [-0.39, 0.29) is 0 Å². The lowest BCUT2D eigenvalue weighted by molar-refractivity contribution is 0.702. The summed E-state index contributed by atoms with van der Waals surface area (Å²) in [5, 5.41) is 0. The first kappa shape index (κ1) is 14.6. The molecule has 0 saturated carbocycles. The predicted octanol–water partition coefficient (Wildman–Crippen LogP) is 3.78. The Bertz CT molecular complexity index is 284. The van der Waals surface area contributed by atoms with E-state index in [1.807, 2.05) is 12.1 Å². The van der Waals surface area contributed by atoms with Gasteiger partial charge in [0, 0.05) is 11.4 Å². The number of hydrogen-bond donors (Lipinski definition) is 2. The Morgan fingerprint density at radius 2 is 1.50 bits per heavy atom. The standard InChI is InChI=1S/C8H10N2.C6H14/c1-6(9)7-2-4-8(10)5-3-7;1-3-5-6-4-2/h2-5H,1,9-10H2;3-6H2,1-2H3. The van der Waals surface area contributed by atoms with E-state index in [4.69, 9.17) is 11.5 Å². The maximum absolute atomic E-state index is 5.46. The van der Waals surface area contributed by atoms with Crippen LogP contribution >= 0.6 is 0 Å². The summed E-state index contributed by atoms with van der Waals surface area (Å²) in [7, 11) is 0. The van der Waals surface area contributed by atoms with Crippen LogP contribution in [0.5, 0.6) is 0 Å². The highest BCUT2D eigenvalue weighted by Gasteiger charge is 1.90. The van der Waals surface area contributed by atoms with Crippen LogP contribution in [-0.4, -0.2) is 0 Å². The minimum Gasteiger partial charge on any atom is -0.399 e. The molecule has 0 spiro atoms. The summed E-state index contributed by atoms with van der Waals surface area (Å²) >= 11 is 0. The molecule has 0 fully saturated rings. The van der Waals surface area contributed by atoms with Crippen molar-refractivity contribution in [1.29, 1.82) is 0 Å². The topological polar surface area (TPSA) is 52.0 Å². The van der Waals surface area contributed by atoms with E-state index in [0.29, 0.717) is 5.70 Å². The number of unbranched alkanes of at least 4 members (excludes halogenated alkanes) is 3. The number of anilines is 1. The molecular formula is C14H24N2. The van der Waals surface area contributed by atoms with Crippen LogP contribution in [0.2, 0.25) is 0 Å². The second-order valence-electron chi connectivity index (χ2n) is 3.85. The van der Waals surface area contributed by atoms with Crippen molar-refractivity contribution in [2.24, 2.45) is 5.73 Å². The van der Waals surface area contributed by atoms with Crippen molar-refractivity contribution >= 4 is 11.4 Å². The molecule has 1 aromatic carbocycles. The second kappa shape index (κ2) is 8.84. The van der Waals surface area contributed by atoms with Gasteiger partial charge in [-0.25, -0.2) is 0 Å². The fourth-order valence-corrected chi connectivity index (χ4v) is 1.20. The van der Waals surface area contributed by atoms with Crippen LogP contribution in [0, 0.1) is 0 Å². The van der Waals surface area contributed by atoms with Gasteiger partial charge in [-0.3, -0.25) is 0 Å². The van der Waals surface area contributed by atoms with E-state index in [0.717, 1.165) is 11.3 Å². The van der Waals surface area contributed by atoms with Gasteiger partial charge in [-0.1, -0.05) is 58.2 Å². The molecule has 0 saturated heterocycles. The van der Waals surface area contributed by atoms with E-state index in [2.05, 4.69) is 20.4 Å². The molecule has 16 heavy (non-hydrogen) atoms. The Kier molecular flexibility index (Phi) is 8.04. The van der Waals surface area contributed by atoms with Gasteiger partial charge in [-0.2, -0.15) is 0 Å². The zero-order valence-corrected chi connectivity index (χ0v) is 10.5. The smallest absolute Gasteiger partial charge is 0.0314 e. The number of nitrogen functional groups attached to an aromatic ring is 1. The Labute approximate surface area is 99.3 Å². The maximum atomic E-state index is 5.46. The lowest BCUT2D eigenvalue weighted by Gasteiger charge is -1.98. The van der Waals surface area contributed by atoms with Gasteiger partial charge in [-0.05, 0) is 17.7 Å². The second-order valence-corrected chi connectivity index (χ2v) is 3.85. The highest BCUT2D eigenvalue weighted by atomic mass is 14.6. The molecule has 90 valence electrons. The molecule has 0 aromatic heterocycles. The number of rotatable bonds is 4. The minimum absolute atomic E-state index is 0.569. The van der Waals surface area contributed by atoms with Crippen LogP contribution < -0.4 is 11.5 Å². The molecule has 0 aliphatic rings. The van der Waals surface area contributed by atoms with Gasteiger partial charge >= 0.3 is 0 Å². The van der Waals surface area contributed by atoms with E-state index in [1.54, 1.807) is 12.1 Å². The van der Waals surface area contributed by atoms with Crippen LogP contribution in [0.25, 0.3) is 5.70 Å². The zero-order chi connectivity index (χ0) is 12.4. The first-order valence-corrected chi connectivity index (χ1v) is 5.92. The first-order chi connectivity index (χ1) is 7.61. The van der Waals surface area contributed by atoms with Crippen LogP contribution in [0.3, 0.4) is 0 Å². The monoisotopic (exact) mass is 220 g/mol. The van der Waals surface area contributed by atoms with Gasteiger partial charge < -0.3 is 11.5 Å². The molecule has 0 atom stereocenters. The van der Waals surface area contributed by atoms with Crippen LogP contribution in [0.15, 0.2) is 30.8 Å². The first-order valence-electron chi connectivity index (χ1n) is 5.92. The minimum atomic E-state index is 0.569. The summed E-state index contributed by atoms with van der Waals surface area (Å²) in [6.07, 6.45) is 5.54. The predicted molar refractivity (Wildman–Crippen MR) is 73.9 cm³/mol. The molecule has 4 N–H and O–H groups in total. The molecule has 0 heterocycles. The Hall–Kier alpha value is -1.44. The molecule has 1 aromatic rings. The van der Waals surface area contributed by atoms with Crippen LogP contribution in [0.4, 0.5) is 5.69 Å². The summed E-state index contributed by atoms with van der Waals surface area (Å²) in [5.74, 6) is 0. The summed E-state index contributed by atoms with van der Waals surface area (Å²) < 4.78 is 0. The lowest BCUT2D eigenvalue weighted by Crippen LogP contribution is -1.93. The van der Waals surface area contributed by atoms with Crippen molar-refractivity contribution in [3.8, 4) is 0 Å². The van der Waals surface area contributed by atoms with Gasteiger partial charge in [-0.15, -0.1) is 0 Å². The van der Waals surface area contributed by atoms with Crippen molar-refractivity contribution < 1.29 is 0 Å². The summed E-state index contributed by atoms with van der Waals surface area (Å²) in [4.78, 5) is 0. The highest BCUT2D eigenvalue weighted by Crippen LogP contribution is 2.09. The molecular weight excluding hydrogens is 196 g/mol. The average molecular weight is 220 g/mol. The SMILES string of the molecule is C=C(N)c1ccc(N)cc1.CCCCCC. The quantitative estimate of drug-likeness (QED) is 0.599. The molecule has 0 unspecified atom stereocenters. The molecule has 0 radical (unpaired) electrons. The maximum Gasteiger partial charge on any atom is 0.0314 e. The van der Waals surface area contributed by atoms with E-state index < -0.39 is 0 Å². The number of hydrogen-bond acceptors (Lipinski definition) is 2.